The molecule has 7 N–H and O–H groups in total. The summed E-state index contributed by atoms with van der Waals surface area (Å²) in [4.78, 5) is 54.8. The lowest BCUT2D eigenvalue weighted by molar-refractivity contribution is -0.364. The molecule has 5 aliphatic carbocycles. The third-order valence-electron chi connectivity index (χ3n) is 19.5. The number of esters is 1. The predicted molar refractivity (Wildman–Crippen MR) is 279 cm³/mol. The van der Waals surface area contributed by atoms with Crippen molar-refractivity contribution >= 4 is 75.7 Å². The SMILES string of the molecule is CCCCCCOC(=O)[C@@]1(C)CCC2(C)CC[C@]3(C)C(=CC(=O)C4C5(C)CCC(O[C@@H]6O[C@H](C(=O)O)[C@@H](OS(=O)(=O)O)[C@H](OS(=O)(=O)O)[C@H]6O[C@@H]6O[C@H](C(=O)O)[C@@H](OS(=O)(=O)O)[C@H](OS(=O)(=O)O)[C@H]6OS(=O)(=O)O)C(C)(C)C5CCC43C)C2C1. The first-order valence-corrected chi connectivity index (χ1v) is 33.8. The third kappa shape index (κ3) is 14.0. The van der Waals surface area contributed by atoms with Gasteiger partial charge in [-0.1, -0.05) is 73.3 Å². The van der Waals surface area contributed by atoms with Crippen LogP contribution in [-0.2, 0) is 116 Å². The molecule has 4 saturated carbocycles. The summed E-state index contributed by atoms with van der Waals surface area (Å²) >= 11 is 0. The molecule has 0 aromatic heterocycles. The van der Waals surface area contributed by atoms with Crippen LogP contribution in [-0.4, -0.2) is 173 Å². The Bertz CT molecular complexity index is 3170. The monoisotopic (exact) mass is 1310 g/mol. The summed E-state index contributed by atoms with van der Waals surface area (Å²) in [5.74, 6) is -6.33. The highest BCUT2D eigenvalue weighted by Gasteiger charge is 2.71. The molecule has 0 spiro atoms. The van der Waals surface area contributed by atoms with Crippen LogP contribution in [0, 0.1) is 50.2 Å². The summed E-state index contributed by atoms with van der Waals surface area (Å²) < 4.78 is 223. The smallest absolute Gasteiger partial charge is 0.397 e. The quantitative estimate of drug-likeness (QED) is 0.0353. The highest BCUT2D eigenvalue weighted by molar-refractivity contribution is 7.82. The fraction of sp³-hybridized carbons (Fsp3) is 0.875. The van der Waals surface area contributed by atoms with E-state index in [1.807, 2.05) is 13.8 Å². The lowest BCUT2D eigenvalue weighted by atomic mass is 9.33. The molecular formula is C48H74O31S5. The molecular weight excluding hydrogens is 1230 g/mol. The van der Waals surface area contributed by atoms with Crippen molar-refractivity contribution < 1.29 is 139 Å². The van der Waals surface area contributed by atoms with Crippen molar-refractivity contribution in [2.45, 2.75) is 206 Å². The van der Waals surface area contributed by atoms with Crippen molar-refractivity contribution in [1.82, 2.24) is 0 Å². The van der Waals surface area contributed by atoms with E-state index < -0.39 is 170 Å². The number of hydrogen-bond donors (Lipinski definition) is 7. The number of carboxylic acids is 2. The Balaban J connectivity index is 1.28. The van der Waals surface area contributed by atoms with Gasteiger partial charge in [0.25, 0.3) is 0 Å². The van der Waals surface area contributed by atoms with Gasteiger partial charge in [-0.15, -0.1) is 0 Å². The summed E-state index contributed by atoms with van der Waals surface area (Å²) in [6, 6.07) is 0. The molecule has 0 radical (unpaired) electrons. The highest BCUT2D eigenvalue weighted by atomic mass is 32.3. The maximum absolute atomic E-state index is 15.3. The van der Waals surface area contributed by atoms with E-state index in [1.54, 1.807) is 19.9 Å². The van der Waals surface area contributed by atoms with Gasteiger partial charge in [0.1, 0.15) is 30.5 Å². The molecule has 2 saturated heterocycles. The van der Waals surface area contributed by atoms with Crippen molar-refractivity contribution in [2.24, 2.45) is 50.2 Å². The Labute approximate surface area is 487 Å². The summed E-state index contributed by atoms with van der Waals surface area (Å²) in [5, 5.41) is 20.6. The normalized spacial score (nSPS) is 40.9. The summed E-state index contributed by atoms with van der Waals surface area (Å²) in [6.07, 6.45) is -22.0. The third-order valence-corrected chi connectivity index (χ3v) is 21.8. The summed E-state index contributed by atoms with van der Waals surface area (Å²) in [7, 11) is -30.3. The molecule has 482 valence electrons. The second kappa shape index (κ2) is 23.8. The molecule has 36 heteroatoms. The number of unbranched alkanes of at least 4 members (excludes halogenated alkanes) is 3. The number of ether oxygens (including phenoxy) is 5. The Kier molecular flexibility index (Phi) is 19.4. The van der Waals surface area contributed by atoms with Crippen LogP contribution in [0.1, 0.15) is 139 Å². The van der Waals surface area contributed by atoms with Crippen LogP contribution in [0.3, 0.4) is 0 Å². The standard InChI is InChI=1S/C48H74O31S5/c1-9-10-11-12-21-70-42(54)45(5)18-17-44(4)19-20-47(7)24(25(44)23-45)22-26(49)37-46(6)15-14-28(43(2,3)27(46)13-16-48(37,47)8)71-40-35(31(77-82(61,62)63)29(75-80(55,56)57)33(72-40)38(50)51)74-41-36(79-84(67,68)69)32(78-83(64,65)66)30(76-81(58,59)60)34(73-41)39(52)53/h22,25,27-37,40-41H,9-21,23H2,1-8H3,(H,50,51)(H,52,53)(H,55,56,57)(H,58,59,60)(H,61,62,63)(H,64,65,66)(H,67,68,69)/t25?,27?,28?,29-,30-,31-,32-,33-,34-,35+,36+,37?,40+,41-,44?,45-,46?,47+,48?/m0/s1. The van der Waals surface area contributed by atoms with Gasteiger partial charge < -0.3 is 33.9 Å². The van der Waals surface area contributed by atoms with Crippen molar-refractivity contribution in [3.05, 3.63) is 11.6 Å². The van der Waals surface area contributed by atoms with E-state index in [0.29, 0.717) is 32.3 Å². The Morgan fingerprint density at radius 1 is 0.583 bits per heavy atom. The van der Waals surface area contributed by atoms with E-state index in [0.717, 1.165) is 50.5 Å². The Hall–Kier alpha value is -2.99. The van der Waals surface area contributed by atoms with Gasteiger partial charge in [-0.3, -0.25) is 32.4 Å². The maximum atomic E-state index is 15.3. The van der Waals surface area contributed by atoms with Crippen LogP contribution in [0.2, 0.25) is 0 Å². The maximum Gasteiger partial charge on any atom is 0.397 e. The summed E-state index contributed by atoms with van der Waals surface area (Å²) in [5.41, 5.74) is -3.35. The van der Waals surface area contributed by atoms with E-state index in [4.69, 9.17) is 27.9 Å². The highest BCUT2D eigenvalue weighted by Crippen LogP contribution is 2.75. The fourth-order valence-corrected chi connectivity index (χ4v) is 17.8. The molecule has 2 heterocycles. The molecule has 84 heavy (non-hydrogen) atoms. The Morgan fingerprint density at radius 3 is 1.56 bits per heavy atom. The minimum atomic E-state index is -6.13. The molecule has 0 aromatic carbocycles. The number of carbonyl (C=O) groups is 4. The zero-order valence-corrected chi connectivity index (χ0v) is 51.1. The van der Waals surface area contributed by atoms with E-state index in [9.17, 15) is 89.4 Å². The molecule has 7 aliphatic rings. The summed E-state index contributed by atoms with van der Waals surface area (Å²) in [6.45, 7) is 16.2. The van der Waals surface area contributed by atoms with Crippen molar-refractivity contribution in [3.63, 3.8) is 0 Å². The number of carboxylic acid groups (broad SMARTS) is 2. The number of carbonyl (C=O) groups excluding carboxylic acids is 2. The number of hydrogen-bond acceptors (Lipinski definition) is 24. The average molecular weight is 1310 g/mol. The van der Waals surface area contributed by atoms with E-state index >= 15 is 4.79 Å². The van der Waals surface area contributed by atoms with Crippen LogP contribution in [0.15, 0.2) is 11.6 Å². The lowest BCUT2D eigenvalue weighted by Crippen LogP contribution is -2.69. The van der Waals surface area contributed by atoms with E-state index in [-0.39, 0.29) is 35.9 Å². The predicted octanol–water partition coefficient (Wildman–Crippen LogP) is 3.42. The average Bonchev–Trinajstić information content (AvgIpc) is 0.859. The van der Waals surface area contributed by atoms with Gasteiger partial charge in [-0.05, 0) is 116 Å². The van der Waals surface area contributed by atoms with Gasteiger partial charge in [0.05, 0.1) is 18.1 Å². The minimum absolute atomic E-state index is 0.0831. The first-order chi connectivity index (χ1) is 38.2. The minimum Gasteiger partial charge on any atom is -0.479 e. The van der Waals surface area contributed by atoms with Gasteiger partial charge >= 0.3 is 69.9 Å². The number of allylic oxidation sites excluding steroid dienone is 2. The Morgan fingerprint density at radius 2 is 1.06 bits per heavy atom. The van der Waals surface area contributed by atoms with Gasteiger partial charge in [-0.25, -0.2) is 30.5 Å². The molecule has 31 nitrogen and oxygen atoms in total. The van der Waals surface area contributed by atoms with E-state index in [1.165, 1.54) is 0 Å². The molecule has 19 atom stereocenters. The molecule has 7 rings (SSSR count). The molecule has 2 aliphatic heterocycles. The van der Waals surface area contributed by atoms with Gasteiger partial charge in [-0.2, -0.15) is 42.1 Å². The second-order valence-electron chi connectivity index (χ2n) is 25.0. The van der Waals surface area contributed by atoms with E-state index in [2.05, 4.69) is 44.4 Å². The zero-order valence-electron chi connectivity index (χ0n) is 47.0. The van der Waals surface area contributed by atoms with Crippen LogP contribution in [0.25, 0.3) is 0 Å². The molecule has 0 bridgehead atoms. The molecule has 0 amide bonds. The first kappa shape index (κ1) is 68.5. The van der Waals surface area contributed by atoms with Crippen LogP contribution in [0.4, 0.5) is 0 Å². The number of ketones is 1. The van der Waals surface area contributed by atoms with Crippen LogP contribution < -0.4 is 0 Å². The van der Waals surface area contributed by atoms with Crippen molar-refractivity contribution in [2.75, 3.05) is 6.61 Å². The number of fused-ring (bicyclic) bond motifs is 7. The van der Waals surface area contributed by atoms with Gasteiger partial charge in [0, 0.05) is 5.92 Å². The van der Waals surface area contributed by atoms with Gasteiger partial charge in [0.2, 0.25) is 0 Å². The van der Waals surface area contributed by atoms with Crippen molar-refractivity contribution in [1.29, 1.82) is 0 Å². The molecule has 0 aromatic rings. The topological polar surface area (TPSA) is 473 Å². The molecule has 6 fully saturated rings. The fourth-order valence-electron chi connectivity index (χ4n) is 15.4. The second-order valence-corrected chi connectivity index (χ2v) is 30.2. The first-order valence-electron chi connectivity index (χ1n) is 27.0. The van der Waals surface area contributed by atoms with Crippen molar-refractivity contribution in [3.8, 4) is 0 Å². The van der Waals surface area contributed by atoms with Crippen LogP contribution >= 0.6 is 0 Å². The largest absolute Gasteiger partial charge is 0.479 e. The molecule has 7 unspecified atom stereocenters. The number of rotatable bonds is 22. The number of aliphatic carboxylic acids is 2. The van der Waals surface area contributed by atoms with Crippen LogP contribution in [0.5, 0.6) is 0 Å². The lowest BCUT2D eigenvalue weighted by Gasteiger charge is -2.70. The van der Waals surface area contributed by atoms with Gasteiger partial charge in [0.15, 0.2) is 36.7 Å². The zero-order chi connectivity index (χ0) is 63.1.